The van der Waals surface area contributed by atoms with Gasteiger partial charge < -0.3 is 15.0 Å². The van der Waals surface area contributed by atoms with Crippen LogP contribution in [-0.2, 0) is 11.3 Å². The summed E-state index contributed by atoms with van der Waals surface area (Å²) in [5, 5.41) is 12.6. The van der Waals surface area contributed by atoms with Crippen molar-refractivity contribution in [3.63, 3.8) is 0 Å². The number of hydrogen-bond acceptors (Lipinski definition) is 3. The average molecular weight is 289 g/mol. The molecule has 0 spiro atoms. The van der Waals surface area contributed by atoms with Gasteiger partial charge in [-0.05, 0) is 45.4 Å². The van der Waals surface area contributed by atoms with Crippen LogP contribution in [0.15, 0.2) is 24.3 Å². The van der Waals surface area contributed by atoms with Gasteiger partial charge in [0, 0.05) is 6.54 Å². The molecule has 1 aromatic carbocycles. The lowest BCUT2D eigenvalue weighted by molar-refractivity contribution is -0.144. The van der Waals surface area contributed by atoms with Crippen molar-refractivity contribution in [2.24, 2.45) is 0 Å². The van der Waals surface area contributed by atoms with Crippen molar-refractivity contribution in [1.29, 1.82) is 0 Å². The summed E-state index contributed by atoms with van der Waals surface area (Å²) in [6, 6.07) is 7.94. The van der Waals surface area contributed by atoms with Crippen molar-refractivity contribution in [3.8, 4) is 0 Å². The van der Waals surface area contributed by atoms with E-state index in [0.717, 1.165) is 23.3 Å². The highest BCUT2D eigenvalue weighted by molar-refractivity contribution is 5.78. The fourth-order valence-corrected chi connectivity index (χ4v) is 2.49. The number of aliphatic carboxylic acids is 1. The third-order valence-corrected chi connectivity index (χ3v) is 3.92. The van der Waals surface area contributed by atoms with Crippen molar-refractivity contribution in [2.45, 2.75) is 45.7 Å². The fraction of sp³-hybridized carbons (Fsp3) is 0.500. The van der Waals surface area contributed by atoms with Crippen LogP contribution in [0.5, 0.6) is 0 Å². The second-order valence-corrected chi connectivity index (χ2v) is 5.61. The zero-order valence-electron chi connectivity index (χ0n) is 12.9. The van der Waals surface area contributed by atoms with Crippen molar-refractivity contribution < 1.29 is 9.90 Å². The molecule has 2 aromatic rings. The number of carboxylic acids is 1. The zero-order valence-corrected chi connectivity index (χ0v) is 12.9. The van der Waals surface area contributed by atoms with Gasteiger partial charge in [-0.25, -0.2) is 4.98 Å². The first-order valence-electron chi connectivity index (χ1n) is 7.38. The molecule has 21 heavy (non-hydrogen) atoms. The molecule has 5 heteroatoms. The number of imidazole rings is 1. The molecule has 114 valence electrons. The normalized spacial score (nSPS) is 14.2. The van der Waals surface area contributed by atoms with Crippen LogP contribution in [0.3, 0.4) is 0 Å². The van der Waals surface area contributed by atoms with Gasteiger partial charge in [-0.1, -0.05) is 19.1 Å². The molecule has 5 nitrogen and oxygen atoms in total. The van der Waals surface area contributed by atoms with E-state index in [2.05, 4.69) is 14.9 Å². The Balaban J connectivity index is 2.19. The van der Waals surface area contributed by atoms with Crippen molar-refractivity contribution >= 4 is 17.0 Å². The number of rotatable bonds is 7. The van der Waals surface area contributed by atoms with Gasteiger partial charge in [0.2, 0.25) is 0 Å². The topological polar surface area (TPSA) is 67.2 Å². The lowest BCUT2D eigenvalue weighted by Crippen LogP contribution is -2.50. The first kappa shape index (κ1) is 15.5. The summed E-state index contributed by atoms with van der Waals surface area (Å²) < 4.78 is 2.09. The number of nitrogens with zero attached hydrogens (tertiary/aromatic N) is 2. The maximum Gasteiger partial charge on any atom is 0.323 e. The number of benzene rings is 1. The van der Waals surface area contributed by atoms with E-state index in [4.69, 9.17) is 0 Å². The molecule has 1 unspecified atom stereocenters. The van der Waals surface area contributed by atoms with Crippen LogP contribution in [0.1, 0.15) is 32.5 Å². The molecule has 0 bridgehead atoms. The molecule has 0 fully saturated rings. The van der Waals surface area contributed by atoms with Gasteiger partial charge in [0.1, 0.15) is 11.4 Å². The lowest BCUT2D eigenvalue weighted by Gasteiger charge is -2.26. The number of para-hydroxylation sites is 2. The van der Waals surface area contributed by atoms with Crippen LogP contribution >= 0.6 is 0 Å². The van der Waals surface area contributed by atoms with Gasteiger partial charge in [-0.2, -0.15) is 0 Å². The fourth-order valence-electron chi connectivity index (χ4n) is 2.49. The smallest absolute Gasteiger partial charge is 0.323 e. The van der Waals surface area contributed by atoms with E-state index >= 15 is 0 Å². The second-order valence-electron chi connectivity index (χ2n) is 5.61. The van der Waals surface area contributed by atoms with Crippen molar-refractivity contribution in [2.75, 3.05) is 6.54 Å². The maximum absolute atomic E-state index is 11.5. The zero-order chi connectivity index (χ0) is 15.5. The standard InChI is InChI=1S/C16H23N3O2/c1-4-10-17-16(3,15(20)21)9-11-19-12(2)18-13-7-5-6-8-14(13)19/h5-8,17H,4,9-11H2,1-3H3,(H,20,21). The highest BCUT2D eigenvalue weighted by Gasteiger charge is 2.32. The molecule has 0 aliphatic rings. The predicted octanol–water partition coefficient (Wildman–Crippen LogP) is 2.58. The molecule has 0 aliphatic heterocycles. The van der Waals surface area contributed by atoms with E-state index < -0.39 is 11.5 Å². The SMILES string of the molecule is CCCNC(C)(CCn1c(C)nc2ccccc21)C(=O)O. The molecule has 1 aromatic heterocycles. The van der Waals surface area contributed by atoms with Gasteiger partial charge in [0.25, 0.3) is 0 Å². The molecule has 1 atom stereocenters. The van der Waals surface area contributed by atoms with Crippen LogP contribution < -0.4 is 5.32 Å². The summed E-state index contributed by atoms with van der Waals surface area (Å²) in [4.78, 5) is 16.1. The first-order chi connectivity index (χ1) is 9.98. The Morgan fingerprint density at radius 3 is 2.81 bits per heavy atom. The van der Waals surface area contributed by atoms with Gasteiger partial charge in [0.05, 0.1) is 11.0 Å². The second kappa shape index (κ2) is 6.26. The van der Waals surface area contributed by atoms with Crippen LogP contribution in [0, 0.1) is 6.92 Å². The summed E-state index contributed by atoms with van der Waals surface area (Å²) in [6.45, 7) is 7.07. The third kappa shape index (κ3) is 3.24. The van der Waals surface area contributed by atoms with Gasteiger partial charge in [-0.3, -0.25) is 4.79 Å². The number of aryl methyl sites for hydroxylation is 2. The summed E-state index contributed by atoms with van der Waals surface area (Å²) in [7, 11) is 0. The first-order valence-corrected chi connectivity index (χ1v) is 7.38. The minimum absolute atomic E-state index is 0.517. The average Bonchev–Trinajstić information content (AvgIpc) is 2.78. The van der Waals surface area contributed by atoms with Crippen LogP contribution in [0.25, 0.3) is 11.0 Å². The van der Waals surface area contributed by atoms with Gasteiger partial charge in [-0.15, -0.1) is 0 Å². The number of carbonyl (C=O) groups is 1. The van der Waals surface area contributed by atoms with E-state index in [1.54, 1.807) is 6.92 Å². The Hall–Kier alpha value is -1.88. The monoisotopic (exact) mass is 289 g/mol. The summed E-state index contributed by atoms with van der Waals surface area (Å²) >= 11 is 0. The van der Waals surface area contributed by atoms with Crippen LogP contribution in [-0.4, -0.2) is 32.7 Å². The van der Waals surface area contributed by atoms with E-state index in [9.17, 15) is 9.90 Å². The number of hydrogen-bond donors (Lipinski definition) is 2. The van der Waals surface area contributed by atoms with Gasteiger partial charge >= 0.3 is 5.97 Å². The number of aromatic nitrogens is 2. The molecule has 2 N–H and O–H groups in total. The summed E-state index contributed by atoms with van der Waals surface area (Å²) in [5.41, 5.74) is 1.10. The number of carboxylic acid groups (broad SMARTS) is 1. The molecular formula is C16H23N3O2. The number of nitrogens with one attached hydrogen (secondary N) is 1. The highest BCUT2D eigenvalue weighted by Crippen LogP contribution is 2.19. The quantitative estimate of drug-likeness (QED) is 0.822. The molecule has 0 amide bonds. The van der Waals surface area contributed by atoms with Crippen LogP contribution in [0.2, 0.25) is 0 Å². The van der Waals surface area contributed by atoms with E-state index in [0.29, 0.717) is 19.5 Å². The Labute approximate surface area is 125 Å². The summed E-state index contributed by atoms with van der Waals surface area (Å²) in [5.74, 6) is 0.109. The summed E-state index contributed by atoms with van der Waals surface area (Å²) in [6.07, 6.45) is 1.43. The van der Waals surface area contributed by atoms with E-state index in [-0.39, 0.29) is 0 Å². The van der Waals surface area contributed by atoms with Crippen LogP contribution in [0.4, 0.5) is 0 Å². The maximum atomic E-state index is 11.5. The minimum Gasteiger partial charge on any atom is -0.480 e. The highest BCUT2D eigenvalue weighted by atomic mass is 16.4. The Bertz CT molecular complexity index is 635. The molecule has 1 heterocycles. The molecule has 0 radical (unpaired) electrons. The van der Waals surface area contributed by atoms with E-state index in [1.165, 1.54) is 0 Å². The molecule has 2 rings (SSSR count). The Morgan fingerprint density at radius 1 is 1.43 bits per heavy atom. The van der Waals surface area contributed by atoms with Gasteiger partial charge in [0.15, 0.2) is 0 Å². The van der Waals surface area contributed by atoms with E-state index in [1.807, 2.05) is 38.1 Å². The predicted molar refractivity (Wildman–Crippen MR) is 83.4 cm³/mol. The van der Waals surface area contributed by atoms with Crippen molar-refractivity contribution in [3.05, 3.63) is 30.1 Å². The molecule has 0 aliphatic carbocycles. The Kier molecular flexibility index (Phi) is 4.63. The largest absolute Gasteiger partial charge is 0.480 e. The molecular weight excluding hydrogens is 266 g/mol. The third-order valence-electron chi connectivity index (χ3n) is 3.92. The number of fused-ring (bicyclic) bond motifs is 1. The lowest BCUT2D eigenvalue weighted by atomic mass is 9.97. The Morgan fingerprint density at radius 2 is 2.14 bits per heavy atom. The minimum atomic E-state index is -0.909. The molecule has 0 saturated heterocycles. The molecule has 0 saturated carbocycles. The van der Waals surface area contributed by atoms with Crippen molar-refractivity contribution in [1.82, 2.24) is 14.9 Å².